The molecule has 1 saturated carbocycles. The van der Waals surface area contributed by atoms with Gasteiger partial charge in [0.1, 0.15) is 11.2 Å². The molecule has 3 aliphatic carbocycles. The number of carbonyl (C=O) groups is 2. The third-order valence-corrected chi connectivity index (χ3v) is 9.64. The van der Waals surface area contributed by atoms with Crippen LogP contribution in [-0.2, 0) is 26.9 Å². The molecular weight excluding hydrogens is 513 g/mol. The number of carbonyl (C=O) groups excluding carboxylic acids is 2. The lowest BCUT2D eigenvalue weighted by atomic mass is 9.48. The predicted octanol–water partition coefficient (Wildman–Crippen LogP) is 4.55. The average molecular weight is 551 g/mol. The van der Waals surface area contributed by atoms with Gasteiger partial charge >= 0.3 is 12.1 Å². The average Bonchev–Trinajstić information content (AvgIpc) is 3.00. The van der Waals surface area contributed by atoms with Crippen LogP contribution in [0.4, 0.5) is 13.2 Å². The van der Waals surface area contributed by atoms with E-state index in [4.69, 9.17) is 4.74 Å². The highest BCUT2D eigenvalue weighted by molar-refractivity contribution is 6.04. The van der Waals surface area contributed by atoms with E-state index in [-0.39, 0.29) is 25.7 Å². The van der Waals surface area contributed by atoms with Crippen LogP contribution in [0.1, 0.15) is 65.0 Å². The van der Waals surface area contributed by atoms with E-state index >= 15 is 0 Å². The fourth-order valence-corrected chi connectivity index (χ4v) is 7.05. The van der Waals surface area contributed by atoms with Crippen LogP contribution in [0.3, 0.4) is 0 Å². The van der Waals surface area contributed by atoms with Crippen LogP contribution >= 0.6 is 0 Å². The van der Waals surface area contributed by atoms with Gasteiger partial charge in [0.25, 0.3) is 0 Å². The van der Waals surface area contributed by atoms with Crippen LogP contribution in [0.2, 0.25) is 0 Å². The molecule has 39 heavy (non-hydrogen) atoms. The van der Waals surface area contributed by atoms with Gasteiger partial charge in [0.05, 0.1) is 17.8 Å². The zero-order chi connectivity index (χ0) is 29.2. The van der Waals surface area contributed by atoms with E-state index in [1.165, 1.54) is 12.1 Å². The molecule has 214 valence electrons. The summed E-state index contributed by atoms with van der Waals surface area (Å²) < 4.78 is 44.6. The van der Waals surface area contributed by atoms with Gasteiger partial charge in [-0.05, 0) is 61.4 Å². The Hall–Kier alpha value is -2.49. The Kier molecular flexibility index (Phi) is 7.23. The van der Waals surface area contributed by atoms with Gasteiger partial charge in [-0.2, -0.15) is 13.2 Å². The summed E-state index contributed by atoms with van der Waals surface area (Å²) in [4.78, 5) is 26.1. The number of Topliss-reactive ketones (excluding diaryl/α,β-unsaturated/α-hetero) is 1. The summed E-state index contributed by atoms with van der Waals surface area (Å²) in [7, 11) is 0. The fraction of sp³-hybridized carbons (Fsp3) is 0.600. The van der Waals surface area contributed by atoms with E-state index in [1.807, 2.05) is 13.8 Å². The van der Waals surface area contributed by atoms with Crippen molar-refractivity contribution < 1.29 is 42.8 Å². The Morgan fingerprint density at radius 3 is 2.26 bits per heavy atom. The van der Waals surface area contributed by atoms with Gasteiger partial charge < -0.3 is 20.1 Å². The minimum absolute atomic E-state index is 0.0448. The van der Waals surface area contributed by atoms with E-state index in [0.29, 0.717) is 16.7 Å². The lowest BCUT2D eigenvalue weighted by Gasteiger charge is -2.61. The zero-order valence-electron chi connectivity index (χ0n) is 22.9. The first-order valence-corrected chi connectivity index (χ1v) is 13.3. The van der Waals surface area contributed by atoms with Crippen molar-refractivity contribution in [2.45, 2.75) is 83.3 Å². The van der Waals surface area contributed by atoms with E-state index in [9.17, 15) is 38.1 Å². The maximum absolute atomic E-state index is 13.0. The van der Waals surface area contributed by atoms with Gasteiger partial charge in [0.15, 0.2) is 5.78 Å². The quantitative estimate of drug-likeness (QED) is 0.367. The minimum Gasteiger partial charge on any atom is -0.459 e. The topological polar surface area (TPSA) is 104 Å². The molecule has 0 saturated heterocycles. The van der Waals surface area contributed by atoms with Crippen LogP contribution in [0.5, 0.6) is 0 Å². The van der Waals surface area contributed by atoms with Gasteiger partial charge in [-0.25, -0.2) is 0 Å². The van der Waals surface area contributed by atoms with Gasteiger partial charge in [-0.1, -0.05) is 45.1 Å². The summed E-state index contributed by atoms with van der Waals surface area (Å²) in [6.07, 6.45) is -0.773. The second-order valence-corrected chi connectivity index (χ2v) is 12.3. The van der Waals surface area contributed by atoms with Crippen molar-refractivity contribution >= 4 is 11.8 Å². The number of aryl methyl sites for hydroxylation is 1. The molecule has 1 aromatic rings. The maximum Gasteiger partial charge on any atom is 0.416 e. The van der Waals surface area contributed by atoms with Gasteiger partial charge in [-0.15, -0.1) is 0 Å². The molecule has 0 amide bonds. The van der Waals surface area contributed by atoms with Crippen LogP contribution in [-0.4, -0.2) is 50.5 Å². The monoisotopic (exact) mass is 550 g/mol. The number of aliphatic hydroxyl groups is 3. The lowest BCUT2D eigenvalue weighted by Crippen LogP contribution is -2.68. The molecule has 0 heterocycles. The van der Waals surface area contributed by atoms with Crippen molar-refractivity contribution in [3.63, 3.8) is 0 Å². The molecule has 0 bridgehead atoms. The number of ether oxygens (including phenoxy) is 1. The van der Waals surface area contributed by atoms with Gasteiger partial charge in [0, 0.05) is 30.1 Å². The molecule has 6 atom stereocenters. The summed E-state index contributed by atoms with van der Waals surface area (Å²) in [5.41, 5.74) is -4.79. The predicted molar refractivity (Wildman–Crippen MR) is 137 cm³/mol. The number of aliphatic hydroxyl groups excluding tert-OH is 1. The van der Waals surface area contributed by atoms with Crippen LogP contribution in [0.25, 0.3) is 0 Å². The largest absolute Gasteiger partial charge is 0.459 e. The summed E-state index contributed by atoms with van der Waals surface area (Å²) in [6, 6.07) is 4.65. The number of ketones is 1. The molecule has 1 aromatic carbocycles. The van der Waals surface area contributed by atoms with E-state index < -0.39 is 70.1 Å². The normalized spacial score (nSPS) is 35.9. The molecule has 0 spiro atoms. The van der Waals surface area contributed by atoms with E-state index in [0.717, 1.165) is 12.1 Å². The summed E-state index contributed by atoms with van der Waals surface area (Å²) in [5, 5.41) is 34.0. The molecule has 3 aliphatic rings. The number of hydrogen-bond acceptors (Lipinski definition) is 6. The smallest absolute Gasteiger partial charge is 0.416 e. The SMILES string of the molecule is CC1=C[C@H]2[C@@]3(O)[C@H](C)C[C@@](C)(OC(=O)CCc4ccc(C(F)(F)F)cc4)C(C)(C)[C@@H]3C=C(CO)C[C@]2(O)C1=O. The van der Waals surface area contributed by atoms with Crippen molar-refractivity contribution in [3.05, 3.63) is 58.7 Å². The fourth-order valence-electron chi connectivity index (χ4n) is 7.05. The molecule has 0 aromatic heterocycles. The number of alkyl halides is 3. The molecule has 9 heteroatoms. The molecule has 0 radical (unpaired) electrons. The summed E-state index contributed by atoms with van der Waals surface area (Å²) >= 11 is 0. The third-order valence-electron chi connectivity index (χ3n) is 9.64. The molecule has 0 unspecified atom stereocenters. The third kappa shape index (κ3) is 4.66. The Morgan fingerprint density at radius 2 is 1.69 bits per heavy atom. The second-order valence-electron chi connectivity index (χ2n) is 12.3. The zero-order valence-corrected chi connectivity index (χ0v) is 22.9. The summed E-state index contributed by atoms with van der Waals surface area (Å²) in [5.74, 6) is -3.08. The number of hydrogen-bond donors (Lipinski definition) is 3. The van der Waals surface area contributed by atoms with Crippen molar-refractivity contribution in [2.24, 2.45) is 23.2 Å². The first kappa shape index (κ1) is 29.5. The molecular formula is C30H37F3O6. The Labute approximate surface area is 226 Å². The molecule has 6 nitrogen and oxygen atoms in total. The molecule has 4 rings (SSSR count). The standard InChI is InChI=1S/C30H37F3O6/c1-17-12-23-28(37,25(17)36)15-20(16-34)13-22-26(3,4)27(5,14-18(2)29(22,23)38)39-24(35)11-8-19-6-9-21(10-7-19)30(31,32)33/h6-7,9-10,12-13,18,22-23,34,37-38H,8,11,14-16H2,1-5H3/t18-,22+,23-,27-,28-,29-/m1/s1. The number of esters is 1. The molecule has 3 N–H and O–H groups in total. The van der Waals surface area contributed by atoms with E-state index in [2.05, 4.69) is 0 Å². The van der Waals surface area contributed by atoms with Crippen molar-refractivity contribution in [2.75, 3.05) is 6.61 Å². The highest BCUT2D eigenvalue weighted by Crippen LogP contribution is 2.63. The number of halogens is 3. The number of fused-ring (bicyclic) bond motifs is 3. The number of rotatable bonds is 5. The lowest BCUT2D eigenvalue weighted by molar-refractivity contribution is -0.245. The Balaban J connectivity index is 1.60. The first-order valence-electron chi connectivity index (χ1n) is 13.3. The maximum atomic E-state index is 13.0. The van der Waals surface area contributed by atoms with Crippen LogP contribution in [0, 0.1) is 23.2 Å². The highest BCUT2D eigenvalue weighted by Gasteiger charge is 2.69. The minimum atomic E-state index is -4.43. The second kappa shape index (κ2) is 9.56. The molecule has 1 fully saturated rings. The summed E-state index contributed by atoms with van der Waals surface area (Å²) in [6.45, 7) is 8.53. The van der Waals surface area contributed by atoms with E-state index in [1.54, 1.807) is 32.9 Å². The van der Waals surface area contributed by atoms with Gasteiger partial charge in [-0.3, -0.25) is 9.59 Å². The van der Waals surface area contributed by atoms with Crippen molar-refractivity contribution in [1.29, 1.82) is 0 Å². The van der Waals surface area contributed by atoms with Gasteiger partial charge in [0.2, 0.25) is 0 Å². The van der Waals surface area contributed by atoms with Crippen molar-refractivity contribution in [3.8, 4) is 0 Å². The van der Waals surface area contributed by atoms with Crippen LogP contribution in [0.15, 0.2) is 47.6 Å². The Morgan fingerprint density at radius 1 is 1.08 bits per heavy atom. The molecule has 0 aliphatic heterocycles. The first-order chi connectivity index (χ1) is 17.9. The number of benzene rings is 1. The highest BCUT2D eigenvalue weighted by atomic mass is 19.4. The van der Waals surface area contributed by atoms with Crippen molar-refractivity contribution in [1.82, 2.24) is 0 Å². The van der Waals surface area contributed by atoms with Crippen LogP contribution < -0.4 is 0 Å². The Bertz CT molecular complexity index is 1220.